The summed E-state index contributed by atoms with van der Waals surface area (Å²) in [6.45, 7) is 5.45. The minimum absolute atomic E-state index is 0.396. The second kappa shape index (κ2) is 4.20. The van der Waals surface area contributed by atoms with E-state index in [1.807, 2.05) is 0 Å². The van der Waals surface area contributed by atoms with Crippen molar-refractivity contribution in [2.24, 2.45) is 5.92 Å². The molecule has 1 aliphatic heterocycles. The highest BCUT2D eigenvalue weighted by Crippen LogP contribution is 2.37. The molecule has 18 heavy (non-hydrogen) atoms. The van der Waals surface area contributed by atoms with Crippen LogP contribution in [0.5, 0.6) is 0 Å². The first-order valence-electron chi connectivity index (χ1n) is 6.60. The molecule has 0 bridgehead atoms. The van der Waals surface area contributed by atoms with Gasteiger partial charge in [-0.25, -0.2) is 0 Å². The predicted octanol–water partition coefficient (Wildman–Crippen LogP) is 3.42. The van der Waals surface area contributed by atoms with Crippen molar-refractivity contribution < 1.29 is 0 Å². The van der Waals surface area contributed by atoms with Crippen molar-refractivity contribution in [1.82, 2.24) is 0 Å². The van der Waals surface area contributed by atoms with Gasteiger partial charge in [-0.15, -0.1) is 0 Å². The third kappa shape index (κ3) is 1.72. The zero-order valence-electron chi connectivity index (χ0n) is 11.3. The SMILES string of the molecule is CC1=CC(N2CN(C)c3ccccc32)C=CC1C. The van der Waals surface area contributed by atoms with E-state index in [2.05, 4.69) is 73.2 Å². The fraction of sp³-hybridized carbons (Fsp3) is 0.375. The lowest BCUT2D eigenvalue weighted by Crippen LogP contribution is -2.36. The van der Waals surface area contributed by atoms with E-state index >= 15 is 0 Å². The zero-order valence-corrected chi connectivity index (χ0v) is 11.3. The zero-order chi connectivity index (χ0) is 12.7. The van der Waals surface area contributed by atoms with Gasteiger partial charge in [0.15, 0.2) is 0 Å². The number of hydrogen-bond donors (Lipinski definition) is 0. The second-order valence-electron chi connectivity index (χ2n) is 5.37. The monoisotopic (exact) mass is 240 g/mol. The van der Waals surface area contributed by atoms with Crippen LogP contribution in [0.15, 0.2) is 48.1 Å². The van der Waals surface area contributed by atoms with E-state index in [1.165, 1.54) is 16.9 Å². The van der Waals surface area contributed by atoms with Crippen LogP contribution in [0.3, 0.4) is 0 Å². The molecule has 2 nitrogen and oxygen atoms in total. The molecule has 0 fully saturated rings. The summed E-state index contributed by atoms with van der Waals surface area (Å²) in [4.78, 5) is 4.77. The van der Waals surface area contributed by atoms with E-state index in [9.17, 15) is 0 Å². The molecule has 0 amide bonds. The van der Waals surface area contributed by atoms with Crippen LogP contribution >= 0.6 is 0 Å². The van der Waals surface area contributed by atoms with Crippen molar-refractivity contribution in [3.8, 4) is 0 Å². The Morgan fingerprint density at radius 3 is 2.56 bits per heavy atom. The molecule has 0 radical (unpaired) electrons. The summed E-state index contributed by atoms with van der Waals surface area (Å²) < 4.78 is 0. The molecule has 2 atom stereocenters. The predicted molar refractivity (Wildman–Crippen MR) is 78.0 cm³/mol. The fourth-order valence-corrected chi connectivity index (χ4v) is 2.77. The number of fused-ring (bicyclic) bond motifs is 1. The molecule has 0 saturated carbocycles. The molecule has 3 rings (SSSR count). The van der Waals surface area contributed by atoms with Crippen molar-refractivity contribution in [3.05, 3.63) is 48.1 Å². The molecule has 0 spiro atoms. The number of para-hydroxylation sites is 2. The van der Waals surface area contributed by atoms with Gasteiger partial charge >= 0.3 is 0 Å². The number of benzene rings is 1. The quantitative estimate of drug-likeness (QED) is 0.694. The lowest BCUT2D eigenvalue weighted by Gasteiger charge is -2.29. The highest BCUT2D eigenvalue weighted by molar-refractivity contribution is 5.77. The molecule has 94 valence electrons. The van der Waals surface area contributed by atoms with Gasteiger partial charge in [0.1, 0.15) is 0 Å². The molecule has 2 unspecified atom stereocenters. The topological polar surface area (TPSA) is 6.48 Å². The summed E-state index contributed by atoms with van der Waals surface area (Å²) in [6.07, 6.45) is 7.04. The maximum atomic E-state index is 2.46. The van der Waals surface area contributed by atoms with Crippen LogP contribution in [0.2, 0.25) is 0 Å². The van der Waals surface area contributed by atoms with Gasteiger partial charge in [-0.2, -0.15) is 0 Å². The minimum Gasteiger partial charge on any atom is -0.355 e. The highest BCUT2D eigenvalue weighted by Gasteiger charge is 2.27. The van der Waals surface area contributed by atoms with E-state index in [1.54, 1.807) is 0 Å². The summed E-state index contributed by atoms with van der Waals surface area (Å²) >= 11 is 0. The van der Waals surface area contributed by atoms with Gasteiger partial charge in [-0.3, -0.25) is 0 Å². The number of hydrogen-bond acceptors (Lipinski definition) is 2. The van der Waals surface area contributed by atoms with Crippen LogP contribution in [-0.2, 0) is 0 Å². The van der Waals surface area contributed by atoms with Gasteiger partial charge in [0, 0.05) is 7.05 Å². The van der Waals surface area contributed by atoms with Gasteiger partial charge < -0.3 is 9.80 Å². The van der Waals surface area contributed by atoms with Crippen LogP contribution in [0.1, 0.15) is 13.8 Å². The van der Waals surface area contributed by atoms with Crippen molar-refractivity contribution in [2.45, 2.75) is 19.9 Å². The van der Waals surface area contributed by atoms with Gasteiger partial charge in [0.2, 0.25) is 0 Å². The van der Waals surface area contributed by atoms with Crippen LogP contribution in [0.4, 0.5) is 11.4 Å². The number of anilines is 2. The molecule has 1 aromatic rings. The van der Waals surface area contributed by atoms with E-state index < -0.39 is 0 Å². The van der Waals surface area contributed by atoms with E-state index in [0.717, 1.165) is 6.67 Å². The van der Waals surface area contributed by atoms with Crippen LogP contribution < -0.4 is 9.80 Å². The molecule has 2 heteroatoms. The third-order valence-corrected chi connectivity index (χ3v) is 4.08. The lowest BCUT2D eigenvalue weighted by atomic mass is 9.93. The summed E-state index contributed by atoms with van der Waals surface area (Å²) in [6, 6.07) is 9.04. The summed E-state index contributed by atoms with van der Waals surface area (Å²) in [5.41, 5.74) is 4.14. The number of rotatable bonds is 1. The maximum Gasteiger partial charge on any atom is 0.0910 e. The third-order valence-electron chi connectivity index (χ3n) is 4.08. The van der Waals surface area contributed by atoms with Crippen molar-refractivity contribution in [2.75, 3.05) is 23.5 Å². The Kier molecular flexibility index (Phi) is 2.66. The Labute approximate surface area is 109 Å². The standard InChI is InChI=1S/C16H20N2/c1-12-8-9-14(10-13(12)2)18-11-17(3)15-6-4-5-7-16(15)18/h4-10,12,14H,11H2,1-3H3. The molecular formula is C16H20N2. The number of nitrogens with zero attached hydrogens (tertiary/aromatic N) is 2. The molecule has 0 saturated heterocycles. The van der Waals surface area contributed by atoms with Gasteiger partial charge in [0.05, 0.1) is 24.1 Å². The van der Waals surface area contributed by atoms with Crippen molar-refractivity contribution in [1.29, 1.82) is 0 Å². The van der Waals surface area contributed by atoms with Crippen LogP contribution in [-0.4, -0.2) is 19.8 Å². The summed E-state index contributed by atoms with van der Waals surface area (Å²) in [5.74, 6) is 0.580. The summed E-state index contributed by atoms with van der Waals surface area (Å²) in [5, 5.41) is 0. The molecule has 1 aromatic carbocycles. The summed E-state index contributed by atoms with van der Waals surface area (Å²) in [7, 11) is 2.16. The molecule has 0 aromatic heterocycles. The largest absolute Gasteiger partial charge is 0.355 e. The van der Waals surface area contributed by atoms with E-state index in [0.29, 0.717) is 12.0 Å². The second-order valence-corrected chi connectivity index (χ2v) is 5.37. The van der Waals surface area contributed by atoms with Crippen molar-refractivity contribution >= 4 is 11.4 Å². The minimum atomic E-state index is 0.396. The average molecular weight is 240 g/mol. The Hall–Kier alpha value is -1.70. The van der Waals surface area contributed by atoms with Gasteiger partial charge in [0.25, 0.3) is 0 Å². The molecule has 1 aliphatic carbocycles. The lowest BCUT2D eigenvalue weighted by molar-refractivity contribution is 0.744. The molecular weight excluding hydrogens is 220 g/mol. The smallest absolute Gasteiger partial charge is 0.0910 e. The highest BCUT2D eigenvalue weighted by atomic mass is 15.4. The molecule has 2 aliphatic rings. The fourth-order valence-electron chi connectivity index (χ4n) is 2.77. The van der Waals surface area contributed by atoms with Gasteiger partial charge in [-0.05, 0) is 25.0 Å². The Morgan fingerprint density at radius 1 is 1.11 bits per heavy atom. The van der Waals surface area contributed by atoms with Gasteiger partial charge in [-0.1, -0.05) is 42.9 Å². The average Bonchev–Trinajstić information content (AvgIpc) is 2.71. The maximum absolute atomic E-state index is 2.46. The molecule has 1 heterocycles. The first kappa shape index (κ1) is 11.4. The van der Waals surface area contributed by atoms with Crippen LogP contribution in [0.25, 0.3) is 0 Å². The Bertz CT molecular complexity index is 516. The Morgan fingerprint density at radius 2 is 1.83 bits per heavy atom. The molecule has 0 N–H and O–H groups in total. The van der Waals surface area contributed by atoms with E-state index in [4.69, 9.17) is 0 Å². The Balaban J connectivity index is 1.94. The number of allylic oxidation sites excluding steroid dienone is 2. The van der Waals surface area contributed by atoms with Crippen molar-refractivity contribution in [3.63, 3.8) is 0 Å². The normalized spacial score (nSPS) is 26.3. The first-order valence-corrected chi connectivity index (χ1v) is 6.60. The first-order chi connectivity index (χ1) is 8.66. The van der Waals surface area contributed by atoms with Crippen LogP contribution in [0, 0.1) is 5.92 Å². The van der Waals surface area contributed by atoms with E-state index in [-0.39, 0.29) is 0 Å².